The maximum atomic E-state index is 12.7. The van der Waals surface area contributed by atoms with E-state index in [0.717, 1.165) is 25.7 Å². The monoisotopic (exact) mass is 313 g/mol. The summed E-state index contributed by atoms with van der Waals surface area (Å²) in [4.78, 5) is 11.1. The fourth-order valence-corrected chi connectivity index (χ4v) is 3.97. The first-order valence-corrected chi connectivity index (χ1v) is 8.31. The largest absolute Gasteiger partial charge is 0.497 e. The highest BCUT2D eigenvalue weighted by molar-refractivity contribution is 7.89. The first-order chi connectivity index (χ1) is 9.95. The van der Waals surface area contributed by atoms with Crippen molar-refractivity contribution in [1.82, 2.24) is 4.31 Å². The molecule has 21 heavy (non-hydrogen) atoms. The quantitative estimate of drug-likeness (QED) is 0.918. The second-order valence-electron chi connectivity index (χ2n) is 5.02. The van der Waals surface area contributed by atoms with Gasteiger partial charge in [0.05, 0.1) is 17.6 Å². The van der Waals surface area contributed by atoms with Gasteiger partial charge in [0.1, 0.15) is 5.75 Å². The highest BCUT2D eigenvalue weighted by Gasteiger charge is 2.26. The topological polar surface area (TPSA) is 83.9 Å². The zero-order valence-electron chi connectivity index (χ0n) is 11.9. The zero-order valence-corrected chi connectivity index (χ0v) is 12.7. The number of carboxylic acid groups (broad SMARTS) is 1. The summed E-state index contributed by atoms with van der Waals surface area (Å²) >= 11 is 0. The van der Waals surface area contributed by atoms with Crippen molar-refractivity contribution in [2.75, 3.05) is 20.2 Å². The average molecular weight is 313 g/mol. The van der Waals surface area contributed by atoms with E-state index in [9.17, 15) is 13.2 Å². The summed E-state index contributed by atoms with van der Waals surface area (Å²) in [5, 5.41) is 9.09. The molecule has 7 heteroatoms. The molecule has 2 rings (SSSR count). The zero-order chi connectivity index (χ0) is 15.5. The molecule has 0 aliphatic carbocycles. The molecule has 1 fully saturated rings. The van der Waals surface area contributed by atoms with E-state index < -0.39 is 16.0 Å². The Bertz CT molecular complexity index is 618. The van der Waals surface area contributed by atoms with Crippen LogP contribution in [0.2, 0.25) is 0 Å². The van der Waals surface area contributed by atoms with Crippen LogP contribution >= 0.6 is 0 Å². The molecule has 1 aromatic carbocycles. The molecule has 1 aliphatic rings. The normalized spacial score (nSPS) is 17.2. The molecule has 0 atom stereocenters. The first kappa shape index (κ1) is 15.8. The van der Waals surface area contributed by atoms with Gasteiger partial charge in [0.2, 0.25) is 10.0 Å². The molecule has 1 saturated heterocycles. The summed E-state index contributed by atoms with van der Waals surface area (Å²) in [5.41, 5.74) is -0.0947. The number of hydrogen-bond donors (Lipinski definition) is 1. The van der Waals surface area contributed by atoms with Gasteiger partial charge in [0.15, 0.2) is 0 Å². The van der Waals surface area contributed by atoms with E-state index in [-0.39, 0.29) is 16.2 Å². The Hall–Kier alpha value is -1.60. The van der Waals surface area contributed by atoms with Gasteiger partial charge in [0, 0.05) is 19.2 Å². The molecule has 0 aromatic heterocycles. The van der Waals surface area contributed by atoms with Crippen LogP contribution in [0.25, 0.3) is 0 Å². The molecular formula is C14H19NO5S. The number of rotatable bonds is 4. The van der Waals surface area contributed by atoms with Crippen molar-refractivity contribution in [2.45, 2.75) is 30.6 Å². The molecule has 1 aromatic rings. The Balaban J connectivity index is 2.42. The molecule has 1 N–H and O–H groups in total. The van der Waals surface area contributed by atoms with Gasteiger partial charge >= 0.3 is 5.97 Å². The summed E-state index contributed by atoms with van der Waals surface area (Å²) in [6, 6.07) is 3.86. The van der Waals surface area contributed by atoms with Crippen LogP contribution in [0, 0.1) is 0 Å². The lowest BCUT2D eigenvalue weighted by Crippen LogP contribution is -2.32. The molecule has 1 heterocycles. The van der Waals surface area contributed by atoms with E-state index in [1.807, 2.05) is 0 Å². The van der Waals surface area contributed by atoms with Crippen LogP contribution in [-0.2, 0) is 10.0 Å². The Kier molecular flexibility index (Phi) is 4.84. The third kappa shape index (κ3) is 3.54. The van der Waals surface area contributed by atoms with Crippen molar-refractivity contribution >= 4 is 16.0 Å². The van der Waals surface area contributed by atoms with Crippen molar-refractivity contribution in [3.63, 3.8) is 0 Å². The molecule has 116 valence electrons. The van der Waals surface area contributed by atoms with E-state index in [4.69, 9.17) is 9.84 Å². The number of carboxylic acids is 1. The fourth-order valence-electron chi connectivity index (χ4n) is 2.39. The average Bonchev–Trinajstić information content (AvgIpc) is 2.76. The van der Waals surface area contributed by atoms with E-state index in [1.54, 1.807) is 0 Å². The van der Waals surface area contributed by atoms with Gasteiger partial charge < -0.3 is 9.84 Å². The SMILES string of the molecule is COc1cc(C(=O)O)cc(S(=O)(=O)N2CCCCCC2)c1. The van der Waals surface area contributed by atoms with Crippen LogP contribution in [0.3, 0.4) is 0 Å². The van der Waals surface area contributed by atoms with Gasteiger partial charge in [-0.15, -0.1) is 0 Å². The summed E-state index contributed by atoms with van der Waals surface area (Å²) in [7, 11) is -2.31. The molecular weight excluding hydrogens is 294 g/mol. The van der Waals surface area contributed by atoms with Crippen LogP contribution in [0.4, 0.5) is 0 Å². The first-order valence-electron chi connectivity index (χ1n) is 6.87. The summed E-state index contributed by atoms with van der Waals surface area (Å²) in [5.74, 6) is -0.954. The van der Waals surface area contributed by atoms with Gasteiger partial charge in [-0.3, -0.25) is 0 Å². The lowest BCUT2D eigenvalue weighted by molar-refractivity contribution is 0.0696. The number of methoxy groups -OCH3 is 1. The van der Waals surface area contributed by atoms with Gasteiger partial charge in [-0.05, 0) is 25.0 Å². The van der Waals surface area contributed by atoms with Crippen LogP contribution in [0.1, 0.15) is 36.0 Å². The van der Waals surface area contributed by atoms with E-state index in [0.29, 0.717) is 13.1 Å². The second kappa shape index (κ2) is 6.44. The third-order valence-corrected chi connectivity index (χ3v) is 5.44. The third-order valence-electron chi connectivity index (χ3n) is 3.57. The molecule has 1 aliphatic heterocycles. The summed E-state index contributed by atoms with van der Waals surface area (Å²) < 4.78 is 31.8. The van der Waals surface area contributed by atoms with Crippen molar-refractivity contribution < 1.29 is 23.1 Å². The van der Waals surface area contributed by atoms with Gasteiger partial charge in [-0.1, -0.05) is 12.8 Å². The Morgan fingerprint density at radius 2 is 1.76 bits per heavy atom. The van der Waals surface area contributed by atoms with Crippen molar-refractivity contribution in [2.24, 2.45) is 0 Å². The Morgan fingerprint density at radius 1 is 1.14 bits per heavy atom. The van der Waals surface area contributed by atoms with Crippen molar-refractivity contribution in [3.05, 3.63) is 23.8 Å². The van der Waals surface area contributed by atoms with Crippen molar-refractivity contribution in [1.29, 1.82) is 0 Å². The molecule has 6 nitrogen and oxygen atoms in total. The molecule has 0 unspecified atom stereocenters. The molecule has 0 amide bonds. The number of hydrogen-bond acceptors (Lipinski definition) is 4. The summed E-state index contributed by atoms with van der Waals surface area (Å²) in [6.45, 7) is 0.948. The predicted molar refractivity (Wildman–Crippen MR) is 77.2 cm³/mol. The maximum absolute atomic E-state index is 12.7. The minimum atomic E-state index is -3.68. The van der Waals surface area contributed by atoms with Gasteiger partial charge in [0.25, 0.3) is 0 Å². The molecule has 0 saturated carbocycles. The number of sulfonamides is 1. The van der Waals surface area contributed by atoms with Crippen LogP contribution in [0.5, 0.6) is 5.75 Å². The number of aromatic carboxylic acids is 1. The lowest BCUT2D eigenvalue weighted by atomic mass is 10.2. The number of ether oxygens (including phenoxy) is 1. The van der Waals surface area contributed by atoms with Crippen LogP contribution in [0.15, 0.2) is 23.1 Å². The molecule has 0 bridgehead atoms. The summed E-state index contributed by atoms with van der Waals surface area (Å²) in [6.07, 6.45) is 3.69. The van der Waals surface area contributed by atoms with Crippen molar-refractivity contribution in [3.8, 4) is 5.75 Å². The smallest absolute Gasteiger partial charge is 0.335 e. The van der Waals surface area contributed by atoms with Gasteiger partial charge in [-0.25, -0.2) is 13.2 Å². The van der Waals surface area contributed by atoms with Crippen LogP contribution in [-0.4, -0.2) is 44.0 Å². The number of benzene rings is 1. The molecule has 0 radical (unpaired) electrons. The van der Waals surface area contributed by atoms with Gasteiger partial charge in [-0.2, -0.15) is 4.31 Å². The fraction of sp³-hybridized carbons (Fsp3) is 0.500. The van der Waals surface area contributed by atoms with Crippen LogP contribution < -0.4 is 4.74 Å². The number of carbonyl (C=O) groups is 1. The number of nitrogens with zero attached hydrogens (tertiary/aromatic N) is 1. The van der Waals surface area contributed by atoms with E-state index in [2.05, 4.69) is 0 Å². The van der Waals surface area contributed by atoms with E-state index >= 15 is 0 Å². The molecule has 0 spiro atoms. The minimum Gasteiger partial charge on any atom is -0.497 e. The Labute approximate surface area is 124 Å². The standard InChI is InChI=1S/C14H19NO5S/c1-20-12-8-11(14(16)17)9-13(10-12)21(18,19)15-6-4-2-3-5-7-15/h8-10H,2-7H2,1H3,(H,16,17). The Morgan fingerprint density at radius 3 is 2.29 bits per heavy atom. The highest BCUT2D eigenvalue weighted by atomic mass is 32.2. The predicted octanol–water partition coefficient (Wildman–Crippen LogP) is 1.96. The second-order valence-corrected chi connectivity index (χ2v) is 6.96. The lowest BCUT2D eigenvalue weighted by Gasteiger charge is -2.20. The highest BCUT2D eigenvalue weighted by Crippen LogP contribution is 2.25. The maximum Gasteiger partial charge on any atom is 0.335 e. The minimum absolute atomic E-state index is 0.0267. The van der Waals surface area contributed by atoms with E-state index in [1.165, 1.54) is 29.6 Å².